The van der Waals surface area contributed by atoms with Gasteiger partial charge in [0, 0.05) is 0 Å². The van der Waals surface area contributed by atoms with Crippen LogP contribution in [0.1, 0.15) is 25.7 Å². The maximum atomic E-state index is 10.7. The molecule has 1 heterocycles. The van der Waals surface area contributed by atoms with Crippen molar-refractivity contribution in [2.75, 3.05) is 6.61 Å². The summed E-state index contributed by atoms with van der Waals surface area (Å²) in [6, 6.07) is 0. The molecular formula is C12H20AuO6SSe. The molecule has 6 unspecified atom stereocenters. The molecule has 0 amide bonds. The van der Waals surface area contributed by atoms with Gasteiger partial charge in [-0.05, 0) is 5.44 Å². The minimum Gasteiger partial charge on any atom is -0.759 e. The Hall–Kier alpha value is 1.08. The topological polar surface area (TPSA) is 107 Å². The number of aliphatic hydroxyl groups excluding tert-OH is 4. The van der Waals surface area contributed by atoms with Crippen molar-refractivity contribution in [3.63, 3.8) is 0 Å². The first-order chi connectivity index (χ1) is 9.36. The number of rotatable bonds is 1. The Labute approximate surface area is 153 Å². The van der Waals surface area contributed by atoms with Crippen LogP contribution in [0, 0.1) is 0 Å². The molecule has 1 aliphatic heterocycles. The summed E-state index contributed by atoms with van der Waals surface area (Å²) in [6.45, 7) is -0.432. The minimum atomic E-state index is -1.35. The SMILES string of the molecule is O=C1CCCC([Se])C1.OCC1OC([S-])C(O)C(O)C1O.[Au+]. The standard InChI is InChI=1S/C6H12O5S.C6H9OSe.Au/c7-1-2-3(8)4(9)5(10)6(12)11-2;7-5-2-1-3-6(8)4-5;/h2-10,12H,1H2;6H,1-4H2;/q;;+1/p-1. The van der Waals surface area contributed by atoms with Crippen LogP contribution < -0.4 is 0 Å². The van der Waals surface area contributed by atoms with E-state index in [1.807, 2.05) is 0 Å². The number of aliphatic hydroxyl groups is 4. The number of carbonyl (C=O) groups excluding carboxylic acids is 1. The molecule has 6 atom stereocenters. The third-order valence-electron chi connectivity index (χ3n) is 3.29. The van der Waals surface area contributed by atoms with Gasteiger partial charge in [0.15, 0.2) is 0 Å². The molecule has 0 bridgehead atoms. The summed E-state index contributed by atoms with van der Waals surface area (Å²) in [5.41, 5.74) is -0.986. The summed E-state index contributed by atoms with van der Waals surface area (Å²) >= 11 is 7.62. The van der Waals surface area contributed by atoms with Gasteiger partial charge in [-0.3, -0.25) is 0 Å². The Kier molecular flexibility index (Phi) is 11.3. The van der Waals surface area contributed by atoms with Crippen LogP contribution in [-0.2, 0) is 44.5 Å². The van der Waals surface area contributed by atoms with Crippen LogP contribution in [0.3, 0.4) is 0 Å². The number of ether oxygens (including phenoxy) is 1. The molecule has 2 aliphatic rings. The van der Waals surface area contributed by atoms with E-state index in [1.165, 1.54) is 6.42 Å². The number of Topliss-reactive ketones (excluding diaryl/α,β-unsaturated/α-hetero) is 1. The van der Waals surface area contributed by atoms with Gasteiger partial charge in [0.25, 0.3) is 0 Å². The Morgan fingerprint density at radius 3 is 2.29 bits per heavy atom. The van der Waals surface area contributed by atoms with Crippen LogP contribution in [0.2, 0.25) is 4.82 Å². The molecule has 0 aromatic heterocycles. The van der Waals surface area contributed by atoms with Gasteiger partial charge >= 0.3 is 79.5 Å². The fourth-order valence-electron chi connectivity index (χ4n) is 2.05. The van der Waals surface area contributed by atoms with Crippen molar-refractivity contribution in [1.29, 1.82) is 0 Å². The normalized spacial score (nSPS) is 39.8. The Bertz CT molecular complexity index is 319. The van der Waals surface area contributed by atoms with Crippen LogP contribution in [0.5, 0.6) is 0 Å². The van der Waals surface area contributed by atoms with Gasteiger partial charge in [-0.2, -0.15) is 0 Å². The maximum Gasteiger partial charge on any atom is 1.00 e. The molecule has 1 saturated carbocycles. The number of ketones is 1. The van der Waals surface area contributed by atoms with Gasteiger partial charge < -0.3 is 37.8 Å². The zero-order valence-corrected chi connectivity index (χ0v) is 15.9. The molecule has 2 rings (SSSR count). The molecular weight excluding hydrogens is 548 g/mol. The summed E-state index contributed by atoms with van der Waals surface area (Å²) in [5, 5.41) is 36.1. The van der Waals surface area contributed by atoms with Crippen molar-refractivity contribution in [1.82, 2.24) is 0 Å². The van der Waals surface area contributed by atoms with E-state index in [0.29, 0.717) is 10.6 Å². The maximum absolute atomic E-state index is 10.7. The molecule has 1 aliphatic carbocycles. The molecule has 0 aromatic rings. The number of carbonyl (C=O) groups is 1. The summed E-state index contributed by atoms with van der Waals surface area (Å²) in [6.07, 6.45) is -0.938. The van der Waals surface area contributed by atoms with Crippen LogP contribution in [0.25, 0.3) is 0 Å². The van der Waals surface area contributed by atoms with Gasteiger partial charge in [0.05, 0.1) is 12.7 Å². The fourth-order valence-corrected chi connectivity index (χ4v) is 3.10. The average molecular weight is 568 g/mol. The predicted octanol–water partition coefficient (Wildman–Crippen LogP) is -1.58. The van der Waals surface area contributed by atoms with Crippen molar-refractivity contribution in [3.8, 4) is 0 Å². The zero-order valence-electron chi connectivity index (χ0n) is 11.2. The van der Waals surface area contributed by atoms with E-state index in [-0.39, 0.29) is 22.4 Å². The Morgan fingerprint density at radius 1 is 1.24 bits per heavy atom. The minimum absolute atomic E-state index is 0. The van der Waals surface area contributed by atoms with Gasteiger partial charge in [-0.15, -0.1) is 0 Å². The number of hydrogen-bond donors (Lipinski definition) is 4. The second kappa shape index (κ2) is 10.8. The second-order valence-electron chi connectivity index (χ2n) is 4.95. The predicted molar refractivity (Wildman–Crippen MR) is 74.1 cm³/mol. The second-order valence-corrected chi connectivity index (χ2v) is 6.82. The molecule has 127 valence electrons. The summed E-state index contributed by atoms with van der Waals surface area (Å²) < 4.78 is 4.84. The molecule has 21 heavy (non-hydrogen) atoms. The monoisotopic (exact) mass is 569 g/mol. The molecule has 0 aromatic carbocycles. The first-order valence-corrected chi connectivity index (χ1v) is 7.96. The van der Waals surface area contributed by atoms with E-state index in [1.54, 1.807) is 0 Å². The zero-order chi connectivity index (χ0) is 15.3. The third-order valence-corrected chi connectivity index (χ3v) is 4.52. The molecule has 0 spiro atoms. The van der Waals surface area contributed by atoms with E-state index >= 15 is 0 Å². The average Bonchev–Trinajstić information content (AvgIpc) is 2.41. The third kappa shape index (κ3) is 7.01. The molecule has 1 saturated heterocycles. The van der Waals surface area contributed by atoms with Crippen molar-refractivity contribution >= 4 is 34.4 Å². The largest absolute Gasteiger partial charge is 1.00 e. The van der Waals surface area contributed by atoms with Crippen molar-refractivity contribution in [3.05, 3.63) is 0 Å². The van der Waals surface area contributed by atoms with Crippen LogP contribution in [0.15, 0.2) is 0 Å². The molecule has 4 N–H and O–H groups in total. The summed E-state index contributed by atoms with van der Waals surface area (Å²) in [5.74, 6) is 0.431. The number of hydrogen-bond acceptors (Lipinski definition) is 7. The first-order valence-electron chi connectivity index (χ1n) is 6.50. The molecule has 2 fully saturated rings. The van der Waals surface area contributed by atoms with Gasteiger partial charge in [-0.25, -0.2) is 0 Å². The summed E-state index contributed by atoms with van der Waals surface area (Å²) in [7, 11) is 0. The van der Waals surface area contributed by atoms with Crippen molar-refractivity contribution < 1.29 is 52.3 Å². The van der Waals surface area contributed by atoms with E-state index in [9.17, 15) is 9.90 Å². The van der Waals surface area contributed by atoms with E-state index in [2.05, 4.69) is 28.6 Å². The first kappa shape index (κ1) is 22.1. The van der Waals surface area contributed by atoms with Crippen molar-refractivity contribution in [2.45, 2.75) is 60.4 Å². The van der Waals surface area contributed by atoms with E-state index < -0.39 is 36.5 Å². The van der Waals surface area contributed by atoms with E-state index in [4.69, 9.17) is 20.1 Å². The summed E-state index contributed by atoms with van der Waals surface area (Å²) in [4.78, 5) is 11.2. The Morgan fingerprint density at radius 2 is 1.86 bits per heavy atom. The van der Waals surface area contributed by atoms with Crippen LogP contribution in [-0.4, -0.2) is 78.7 Å². The van der Waals surface area contributed by atoms with Crippen molar-refractivity contribution in [2.24, 2.45) is 0 Å². The molecule has 1 radical (unpaired) electrons. The quantitative estimate of drug-likeness (QED) is 0.224. The fraction of sp³-hybridized carbons (Fsp3) is 0.917. The van der Waals surface area contributed by atoms with Crippen LogP contribution in [0.4, 0.5) is 0 Å². The van der Waals surface area contributed by atoms with E-state index in [0.717, 1.165) is 19.3 Å². The van der Waals surface area contributed by atoms with Gasteiger partial charge in [0.1, 0.15) is 18.3 Å². The van der Waals surface area contributed by atoms with Gasteiger partial charge in [0.2, 0.25) is 0 Å². The Balaban J connectivity index is 0.000000390. The molecule has 9 heteroatoms. The molecule has 6 nitrogen and oxygen atoms in total. The van der Waals surface area contributed by atoms with Crippen LogP contribution >= 0.6 is 0 Å². The smallest absolute Gasteiger partial charge is 0.759 e. The van der Waals surface area contributed by atoms with Gasteiger partial charge in [-0.1, -0.05) is 0 Å².